The van der Waals surface area contributed by atoms with Crippen LogP contribution in [0.25, 0.3) is 0 Å². The molecule has 0 amide bonds. The maximum atomic E-state index is 11.3. The number of esters is 1. The fraction of sp³-hybridized carbons (Fsp3) is 0.889. The molecule has 0 unspecified atom stereocenters. The smallest absolute Gasteiger partial charge is 0.323 e. The number of carbonyl (C=O) groups is 1. The summed E-state index contributed by atoms with van der Waals surface area (Å²) in [6.07, 6.45) is 1.23. The van der Waals surface area contributed by atoms with Gasteiger partial charge < -0.3 is 14.8 Å². The van der Waals surface area contributed by atoms with Gasteiger partial charge in [0.2, 0.25) is 0 Å². The van der Waals surface area contributed by atoms with E-state index in [9.17, 15) is 4.79 Å². The molecule has 2 fully saturated rings. The van der Waals surface area contributed by atoms with Crippen LogP contribution >= 0.6 is 0 Å². The average molecular weight is 185 g/mol. The lowest BCUT2D eigenvalue weighted by atomic mass is 9.72. The maximum absolute atomic E-state index is 11.3. The van der Waals surface area contributed by atoms with E-state index in [0.717, 1.165) is 13.0 Å². The number of ether oxygens (including phenoxy) is 2. The molecule has 3 atom stereocenters. The lowest BCUT2D eigenvalue weighted by Crippen LogP contribution is -2.66. The van der Waals surface area contributed by atoms with Crippen molar-refractivity contribution >= 4 is 5.97 Å². The lowest BCUT2D eigenvalue weighted by Gasteiger charge is -2.44. The van der Waals surface area contributed by atoms with Gasteiger partial charge in [-0.2, -0.15) is 0 Å². The molecule has 1 N–H and O–H groups in total. The van der Waals surface area contributed by atoms with Crippen molar-refractivity contribution in [2.24, 2.45) is 5.41 Å². The van der Waals surface area contributed by atoms with Crippen molar-refractivity contribution in [1.29, 1.82) is 0 Å². The summed E-state index contributed by atoms with van der Waals surface area (Å²) >= 11 is 0. The average Bonchev–Trinajstić information content (AvgIpc) is 2.48. The first-order valence-corrected chi connectivity index (χ1v) is 4.61. The number of hydrogen-bond donors (Lipinski definition) is 1. The van der Waals surface area contributed by atoms with Gasteiger partial charge in [0.1, 0.15) is 6.04 Å². The molecule has 0 bridgehead atoms. The minimum Gasteiger partial charge on any atom is -0.468 e. The largest absolute Gasteiger partial charge is 0.468 e. The van der Waals surface area contributed by atoms with Gasteiger partial charge in [-0.25, -0.2) is 0 Å². The van der Waals surface area contributed by atoms with Crippen molar-refractivity contribution in [3.63, 3.8) is 0 Å². The molecule has 1 spiro atoms. The van der Waals surface area contributed by atoms with E-state index >= 15 is 0 Å². The Kier molecular flexibility index (Phi) is 2.04. The van der Waals surface area contributed by atoms with Gasteiger partial charge in [0, 0.05) is 12.0 Å². The molecule has 4 nitrogen and oxygen atoms in total. The molecular weight excluding hydrogens is 170 g/mol. The molecule has 2 saturated heterocycles. The Hall–Kier alpha value is -0.610. The zero-order valence-electron chi connectivity index (χ0n) is 8.00. The Balaban J connectivity index is 2.04. The quantitative estimate of drug-likeness (QED) is 0.581. The van der Waals surface area contributed by atoms with Crippen molar-refractivity contribution < 1.29 is 14.3 Å². The number of carbonyl (C=O) groups excluding carboxylic acids is 1. The molecule has 0 saturated carbocycles. The highest BCUT2D eigenvalue weighted by Crippen LogP contribution is 2.41. The van der Waals surface area contributed by atoms with E-state index in [1.165, 1.54) is 7.11 Å². The fourth-order valence-electron chi connectivity index (χ4n) is 2.27. The van der Waals surface area contributed by atoms with E-state index in [1.54, 1.807) is 0 Å². The Morgan fingerprint density at radius 2 is 2.46 bits per heavy atom. The van der Waals surface area contributed by atoms with Crippen molar-refractivity contribution in [1.82, 2.24) is 5.32 Å². The summed E-state index contributed by atoms with van der Waals surface area (Å²) in [7, 11) is 1.43. The Morgan fingerprint density at radius 3 is 2.85 bits per heavy atom. The minimum absolute atomic E-state index is 0.0203. The summed E-state index contributed by atoms with van der Waals surface area (Å²) in [5.41, 5.74) is 0.0203. The van der Waals surface area contributed by atoms with Crippen LogP contribution in [0.5, 0.6) is 0 Å². The summed E-state index contributed by atoms with van der Waals surface area (Å²) < 4.78 is 10.2. The first-order chi connectivity index (χ1) is 6.18. The van der Waals surface area contributed by atoms with E-state index in [1.807, 2.05) is 6.92 Å². The predicted molar refractivity (Wildman–Crippen MR) is 46.3 cm³/mol. The van der Waals surface area contributed by atoms with Crippen LogP contribution in [0.15, 0.2) is 0 Å². The fourth-order valence-corrected chi connectivity index (χ4v) is 2.27. The Labute approximate surface area is 77.6 Å². The van der Waals surface area contributed by atoms with Crippen LogP contribution in [0.4, 0.5) is 0 Å². The summed E-state index contributed by atoms with van der Waals surface area (Å²) in [6, 6.07) is -0.151. The van der Waals surface area contributed by atoms with Crippen LogP contribution in [0.3, 0.4) is 0 Å². The second-order valence-corrected chi connectivity index (χ2v) is 4.03. The zero-order chi connectivity index (χ0) is 9.47. The molecule has 2 aliphatic rings. The van der Waals surface area contributed by atoms with E-state index in [-0.39, 0.29) is 23.5 Å². The van der Waals surface area contributed by atoms with Gasteiger partial charge in [0.15, 0.2) is 0 Å². The van der Waals surface area contributed by atoms with E-state index in [2.05, 4.69) is 5.32 Å². The third-order valence-corrected chi connectivity index (χ3v) is 3.06. The van der Waals surface area contributed by atoms with Crippen molar-refractivity contribution in [2.75, 3.05) is 20.3 Å². The maximum Gasteiger partial charge on any atom is 0.323 e. The van der Waals surface area contributed by atoms with Crippen molar-refractivity contribution in [3.05, 3.63) is 0 Å². The molecule has 2 rings (SSSR count). The van der Waals surface area contributed by atoms with Gasteiger partial charge >= 0.3 is 5.97 Å². The number of hydrogen-bond acceptors (Lipinski definition) is 4. The third kappa shape index (κ3) is 1.25. The molecule has 74 valence electrons. The van der Waals surface area contributed by atoms with Crippen molar-refractivity contribution in [2.45, 2.75) is 25.5 Å². The van der Waals surface area contributed by atoms with Crippen LogP contribution in [-0.4, -0.2) is 38.4 Å². The van der Waals surface area contributed by atoms with Gasteiger partial charge in [-0.05, 0) is 13.3 Å². The van der Waals surface area contributed by atoms with Crippen LogP contribution in [0.1, 0.15) is 13.3 Å². The third-order valence-electron chi connectivity index (χ3n) is 3.06. The molecule has 4 heteroatoms. The molecule has 13 heavy (non-hydrogen) atoms. The molecule has 0 aromatic heterocycles. The second kappa shape index (κ2) is 2.96. The highest BCUT2D eigenvalue weighted by Gasteiger charge is 2.55. The number of nitrogens with one attached hydrogen (secondary N) is 1. The summed E-state index contributed by atoms with van der Waals surface area (Å²) in [6.45, 7) is 3.60. The minimum atomic E-state index is -0.163. The van der Waals surface area contributed by atoms with Gasteiger partial charge in [0.25, 0.3) is 0 Å². The lowest BCUT2D eigenvalue weighted by molar-refractivity contribution is -0.151. The molecule has 2 heterocycles. The summed E-state index contributed by atoms with van der Waals surface area (Å²) in [5, 5.41) is 3.09. The highest BCUT2D eigenvalue weighted by atomic mass is 16.5. The first-order valence-electron chi connectivity index (χ1n) is 4.61. The Morgan fingerprint density at radius 1 is 1.69 bits per heavy atom. The summed E-state index contributed by atoms with van der Waals surface area (Å²) in [4.78, 5) is 11.3. The van der Waals surface area contributed by atoms with Crippen LogP contribution in [0.2, 0.25) is 0 Å². The van der Waals surface area contributed by atoms with E-state index in [4.69, 9.17) is 9.47 Å². The van der Waals surface area contributed by atoms with Gasteiger partial charge in [0.05, 0.1) is 19.8 Å². The SMILES string of the molecule is COC(=O)[C@@H]1NC[C@@]12CO[C@@H](C)C2. The van der Waals surface area contributed by atoms with Crippen molar-refractivity contribution in [3.8, 4) is 0 Å². The van der Waals surface area contributed by atoms with Gasteiger partial charge in [-0.1, -0.05) is 0 Å². The predicted octanol–water partition coefficient (Wildman–Crippen LogP) is -0.0736. The standard InChI is InChI=1S/C9H15NO3/c1-6-3-9(5-13-6)4-10-7(9)8(11)12-2/h6-7,10H,3-5H2,1-2H3/t6-,7-,9-/m0/s1. The molecular formula is C9H15NO3. The van der Waals surface area contributed by atoms with Gasteiger partial charge in [-0.3, -0.25) is 4.79 Å². The monoisotopic (exact) mass is 185 g/mol. The second-order valence-electron chi connectivity index (χ2n) is 4.03. The molecule has 0 aliphatic carbocycles. The number of methoxy groups -OCH3 is 1. The zero-order valence-corrected chi connectivity index (χ0v) is 8.00. The Bertz CT molecular complexity index is 231. The van der Waals surface area contributed by atoms with E-state index < -0.39 is 0 Å². The highest BCUT2D eigenvalue weighted by molar-refractivity contribution is 5.78. The van der Waals surface area contributed by atoms with E-state index in [0.29, 0.717) is 6.61 Å². The van der Waals surface area contributed by atoms with Crippen LogP contribution in [-0.2, 0) is 14.3 Å². The first kappa shape index (κ1) is 8.97. The molecule has 0 aromatic rings. The molecule has 2 aliphatic heterocycles. The topological polar surface area (TPSA) is 47.6 Å². The molecule has 0 aromatic carbocycles. The van der Waals surface area contributed by atoms with Crippen LogP contribution < -0.4 is 5.32 Å². The number of rotatable bonds is 1. The molecule has 0 radical (unpaired) electrons. The van der Waals surface area contributed by atoms with Crippen LogP contribution in [0, 0.1) is 5.41 Å². The normalized spacial score (nSPS) is 43.2. The van der Waals surface area contributed by atoms with Gasteiger partial charge in [-0.15, -0.1) is 0 Å². The summed E-state index contributed by atoms with van der Waals surface area (Å²) in [5.74, 6) is -0.163.